The molecule has 3 nitrogen and oxygen atoms in total. The van der Waals surface area contributed by atoms with Crippen molar-refractivity contribution in [3.8, 4) is 11.8 Å². The third-order valence-corrected chi connectivity index (χ3v) is 2.59. The van der Waals surface area contributed by atoms with Crippen molar-refractivity contribution in [3.63, 3.8) is 0 Å². The number of hydrogen-bond acceptors (Lipinski definition) is 3. The van der Waals surface area contributed by atoms with Crippen molar-refractivity contribution in [2.75, 3.05) is 0 Å². The Balaban J connectivity index is 2.17. The fourth-order valence-corrected chi connectivity index (χ4v) is 1.55. The predicted molar refractivity (Wildman–Crippen MR) is 72.4 cm³/mol. The van der Waals surface area contributed by atoms with Crippen LogP contribution in [0.2, 0.25) is 0 Å². The lowest BCUT2D eigenvalue weighted by Gasteiger charge is -2.04. The second-order valence-corrected chi connectivity index (χ2v) is 4.02. The summed E-state index contributed by atoms with van der Waals surface area (Å²) in [5.74, 6) is -4.30. The molecular weight excluding hydrogens is 276 g/mol. The zero-order valence-corrected chi connectivity index (χ0v) is 10.7. The summed E-state index contributed by atoms with van der Waals surface area (Å²) in [6.45, 7) is 0. The van der Waals surface area contributed by atoms with Crippen molar-refractivity contribution in [3.05, 3.63) is 71.6 Å². The third-order valence-electron chi connectivity index (χ3n) is 2.59. The van der Waals surface area contributed by atoms with Crippen molar-refractivity contribution >= 4 is 11.8 Å². The summed E-state index contributed by atoms with van der Waals surface area (Å²) in [7, 11) is 0. The van der Waals surface area contributed by atoms with Gasteiger partial charge in [0.1, 0.15) is 5.75 Å². The number of benzene rings is 2. The summed E-state index contributed by atoms with van der Waals surface area (Å²) < 4.78 is 32.1. The van der Waals surface area contributed by atoms with Gasteiger partial charge in [0.05, 0.1) is 11.6 Å². The number of esters is 1. The molecule has 0 radical (unpaired) electrons. The highest BCUT2D eigenvalue weighted by atomic mass is 19.2. The van der Waals surface area contributed by atoms with E-state index in [1.807, 2.05) is 6.07 Å². The van der Waals surface area contributed by atoms with E-state index < -0.39 is 17.6 Å². The molecule has 0 aliphatic carbocycles. The molecule has 2 aromatic rings. The average Bonchev–Trinajstić information content (AvgIpc) is 2.55. The van der Waals surface area contributed by atoms with E-state index >= 15 is 0 Å². The highest BCUT2D eigenvalue weighted by Gasteiger charge is 2.19. The first kappa shape index (κ1) is 14.4. The Kier molecular flexibility index (Phi) is 4.42. The Morgan fingerprint density at radius 2 is 1.62 bits per heavy atom. The van der Waals surface area contributed by atoms with Crippen molar-refractivity contribution in [1.29, 1.82) is 5.26 Å². The first-order valence-corrected chi connectivity index (χ1v) is 5.95. The molecule has 0 heterocycles. The Morgan fingerprint density at radius 3 is 2.19 bits per heavy atom. The predicted octanol–water partition coefficient (Wildman–Crippen LogP) is 3.77. The largest absolute Gasteiger partial charge is 0.421 e. The lowest BCUT2D eigenvalue weighted by atomic mass is 10.2. The number of halogens is 2. The first-order chi connectivity index (χ1) is 10.1. The highest BCUT2D eigenvalue weighted by Crippen LogP contribution is 2.23. The Labute approximate surface area is 119 Å². The smallest absolute Gasteiger partial charge is 0.375 e. The Morgan fingerprint density at radius 1 is 1.00 bits per heavy atom. The topological polar surface area (TPSA) is 50.1 Å². The van der Waals surface area contributed by atoms with Gasteiger partial charge in [-0.2, -0.15) is 9.65 Å². The summed E-state index contributed by atoms with van der Waals surface area (Å²) in [6.07, 6.45) is 0. The van der Waals surface area contributed by atoms with E-state index in [1.165, 1.54) is 48.5 Å². The fourth-order valence-electron chi connectivity index (χ4n) is 1.55. The molecule has 0 bridgehead atoms. The van der Waals surface area contributed by atoms with Crippen LogP contribution < -0.4 is 4.74 Å². The molecule has 0 saturated carbocycles. The highest BCUT2D eigenvalue weighted by molar-refractivity contribution is 5.94. The molecule has 0 atom stereocenters. The summed E-state index contributed by atoms with van der Waals surface area (Å²) >= 11 is 0. The molecule has 2 aromatic carbocycles. The number of ether oxygens (including phenoxy) is 1. The van der Waals surface area contributed by atoms with Crippen LogP contribution in [0.5, 0.6) is 5.75 Å². The molecule has 0 aliphatic rings. The van der Waals surface area contributed by atoms with Crippen molar-refractivity contribution in [1.82, 2.24) is 0 Å². The van der Waals surface area contributed by atoms with E-state index in [-0.39, 0.29) is 11.3 Å². The monoisotopic (exact) mass is 285 g/mol. The summed E-state index contributed by atoms with van der Waals surface area (Å²) in [4.78, 5) is 11.5. The minimum atomic E-state index is -1.61. The maximum Gasteiger partial charge on any atom is 0.375 e. The molecular formula is C16H9F2NO2. The van der Waals surface area contributed by atoms with Gasteiger partial charge in [0.25, 0.3) is 0 Å². The van der Waals surface area contributed by atoms with Gasteiger partial charge in [-0.1, -0.05) is 30.3 Å². The van der Waals surface area contributed by atoms with Gasteiger partial charge in [0, 0.05) is 5.56 Å². The molecule has 0 spiro atoms. The fraction of sp³-hybridized carbons (Fsp3) is 0. The molecule has 104 valence electrons. The quantitative estimate of drug-likeness (QED) is 0.490. The lowest BCUT2D eigenvalue weighted by molar-refractivity contribution is -0.131. The molecule has 0 aromatic heterocycles. The lowest BCUT2D eigenvalue weighted by Crippen LogP contribution is -2.09. The van der Waals surface area contributed by atoms with Crippen molar-refractivity contribution < 1.29 is 18.3 Å². The van der Waals surface area contributed by atoms with E-state index in [4.69, 9.17) is 10.00 Å². The number of nitriles is 1. The number of rotatable bonds is 3. The number of hydrogen-bond donors (Lipinski definition) is 0. The first-order valence-electron chi connectivity index (χ1n) is 5.95. The maximum atomic E-state index is 13.8. The van der Waals surface area contributed by atoms with Crippen LogP contribution in [0, 0.1) is 11.3 Å². The van der Waals surface area contributed by atoms with E-state index in [1.54, 1.807) is 6.07 Å². The standard InChI is InChI=1S/C16H9F2NO2/c17-14(12-4-2-1-3-5-12)15(18)16(20)21-13-8-6-11(10-19)7-9-13/h1-9H/b15-14+. The maximum absolute atomic E-state index is 13.8. The van der Waals surface area contributed by atoms with Crippen LogP contribution in [0.1, 0.15) is 11.1 Å². The van der Waals surface area contributed by atoms with E-state index in [0.717, 1.165) is 0 Å². The van der Waals surface area contributed by atoms with Crippen molar-refractivity contribution in [2.45, 2.75) is 0 Å². The molecule has 0 aliphatic heterocycles. The zero-order valence-electron chi connectivity index (χ0n) is 10.7. The van der Waals surface area contributed by atoms with Gasteiger partial charge in [-0.3, -0.25) is 0 Å². The number of nitrogens with zero attached hydrogens (tertiary/aromatic N) is 1. The average molecular weight is 285 g/mol. The molecule has 2 rings (SSSR count). The Hall–Kier alpha value is -3.00. The van der Waals surface area contributed by atoms with E-state index in [9.17, 15) is 13.6 Å². The van der Waals surface area contributed by atoms with Gasteiger partial charge >= 0.3 is 5.97 Å². The summed E-state index contributed by atoms with van der Waals surface area (Å²) in [5.41, 5.74) is 0.313. The van der Waals surface area contributed by atoms with Crippen LogP contribution in [0.25, 0.3) is 5.83 Å². The molecule has 21 heavy (non-hydrogen) atoms. The van der Waals surface area contributed by atoms with Crippen LogP contribution in [0.3, 0.4) is 0 Å². The SMILES string of the molecule is N#Cc1ccc(OC(=O)/C(F)=C(\F)c2ccccc2)cc1. The third kappa shape index (κ3) is 3.51. The molecule has 0 saturated heterocycles. The van der Waals surface area contributed by atoms with Crippen LogP contribution in [-0.4, -0.2) is 5.97 Å². The summed E-state index contributed by atoms with van der Waals surface area (Å²) in [6, 6.07) is 14.7. The van der Waals surface area contributed by atoms with Crippen molar-refractivity contribution in [2.24, 2.45) is 0 Å². The van der Waals surface area contributed by atoms with Crippen LogP contribution in [0.4, 0.5) is 8.78 Å². The molecule has 0 fully saturated rings. The van der Waals surface area contributed by atoms with Crippen LogP contribution >= 0.6 is 0 Å². The van der Waals surface area contributed by atoms with Gasteiger partial charge in [-0.05, 0) is 24.3 Å². The number of carbonyl (C=O) groups excluding carboxylic acids is 1. The van der Waals surface area contributed by atoms with E-state index in [0.29, 0.717) is 5.56 Å². The van der Waals surface area contributed by atoms with Gasteiger partial charge in [0.15, 0.2) is 5.83 Å². The van der Waals surface area contributed by atoms with Gasteiger partial charge in [0.2, 0.25) is 5.83 Å². The number of carbonyl (C=O) groups is 1. The van der Waals surface area contributed by atoms with Gasteiger partial charge in [-0.25, -0.2) is 9.18 Å². The minimum absolute atomic E-state index is 0.0232. The van der Waals surface area contributed by atoms with Gasteiger partial charge < -0.3 is 4.74 Å². The van der Waals surface area contributed by atoms with Crippen LogP contribution in [0.15, 0.2) is 60.4 Å². The molecule has 0 unspecified atom stereocenters. The second-order valence-electron chi connectivity index (χ2n) is 4.02. The molecule has 0 N–H and O–H groups in total. The van der Waals surface area contributed by atoms with Gasteiger partial charge in [-0.15, -0.1) is 0 Å². The molecule has 5 heteroatoms. The van der Waals surface area contributed by atoms with E-state index in [2.05, 4.69) is 0 Å². The minimum Gasteiger partial charge on any atom is -0.421 e. The zero-order chi connectivity index (χ0) is 15.2. The van der Waals surface area contributed by atoms with Crippen LogP contribution in [-0.2, 0) is 4.79 Å². The summed E-state index contributed by atoms with van der Waals surface area (Å²) in [5, 5.41) is 8.62. The Bertz CT molecular complexity index is 716. The molecule has 0 amide bonds. The normalized spacial score (nSPS) is 11.3. The second kappa shape index (κ2) is 6.44.